The summed E-state index contributed by atoms with van der Waals surface area (Å²) in [6.45, 7) is 18.5. The largest absolute Gasteiger partial charge is 0.387 e. The zero-order chi connectivity index (χ0) is 17.5. The molecule has 0 saturated carbocycles. The molecule has 1 heterocycles. The van der Waals surface area contributed by atoms with Crippen molar-refractivity contribution in [3.8, 4) is 0 Å². The molecule has 2 rings (SSSR count). The summed E-state index contributed by atoms with van der Waals surface area (Å²) in [6, 6.07) is 12.0. The third-order valence-electron chi connectivity index (χ3n) is 1.36. The Kier molecular flexibility index (Phi) is 22.8. The van der Waals surface area contributed by atoms with Crippen LogP contribution in [0.1, 0.15) is 55.4 Å². The van der Waals surface area contributed by atoms with Crippen LogP contribution in [0.2, 0.25) is 0 Å². The number of dihydropyridines is 1. The lowest BCUT2D eigenvalue weighted by Crippen LogP contribution is -2.05. The zero-order valence-electron chi connectivity index (χ0n) is 17.1. The average Bonchev–Trinajstić information content (AvgIpc) is 2.40. The van der Waals surface area contributed by atoms with Gasteiger partial charge < -0.3 is 5.32 Å². The molecule has 6 radical (unpaired) electrons. The molecule has 0 saturated heterocycles. The molecular weight excluding hydrogens is 288 g/mol. The number of nitrogens with one attached hydrogen (secondary N) is 1. The Morgan fingerprint density at radius 1 is 0.583 bits per heavy atom. The SMILES string of the molecule is C1=CCNC=C1.CC(C)(C)C.CC(C)(C)C.[B].[B].c1ccccc1. The molecule has 24 heavy (non-hydrogen) atoms. The maximum atomic E-state index is 3.02. The van der Waals surface area contributed by atoms with Gasteiger partial charge in [-0.25, -0.2) is 0 Å². The predicted octanol–water partition coefficient (Wildman–Crippen LogP) is 5.69. The van der Waals surface area contributed by atoms with Gasteiger partial charge in [0.05, 0.1) is 0 Å². The summed E-state index contributed by atoms with van der Waals surface area (Å²) in [4.78, 5) is 0. The van der Waals surface area contributed by atoms with E-state index in [-0.39, 0.29) is 16.8 Å². The van der Waals surface area contributed by atoms with Crippen LogP contribution in [0, 0.1) is 10.8 Å². The van der Waals surface area contributed by atoms with E-state index in [1.807, 2.05) is 54.8 Å². The fourth-order valence-electron chi connectivity index (χ4n) is 0.791. The highest BCUT2D eigenvalue weighted by molar-refractivity contribution is 5.76. The molecular formula is C21H37B2N. The summed E-state index contributed by atoms with van der Waals surface area (Å²) in [5, 5.41) is 3.02. The van der Waals surface area contributed by atoms with Crippen molar-refractivity contribution in [3.05, 3.63) is 60.8 Å². The third kappa shape index (κ3) is 70.4. The Hall–Kier alpha value is -1.37. The summed E-state index contributed by atoms with van der Waals surface area (Å²) >= 11 is 0. The first-order valence-electron chi connectivity index (χ1n) is 8.05. The monoisotopic (exact) mass is 325 g/mol. The minimum Gasteiger partial charge on any atom is -0.387 e. The van der Waals surface area contributed by atoms with Gasteiger partial charge in [0.1, 0.15) is 0 Å². The van der Waals surface area contributed by atoms with Crippen LogP contribution in [0.15, 0.2) is 60.8 Å². The number of rotatable bonds is 0. The van der Waals surface area contributed by atoms with E-state index in [1.165, 1.54) is 0 Å². The maximum Gasteiger partial charge on any atom is 0.0328 e. The minimum absolute atomic E-state index is 0. The van der Waals surface area contributed by atoms with Gasteiger partial charge in [0.2, 0.25) is 0 Å². The lowest BCUT2D eigenvalue weighted by atomic mass is 10.0. The Morgan fingerprint density at radius 2 is 0.875 bits per heavy atom. The molecule has 0 atom stereocenters. The highest BCUT2D eigenvalue weighted by Crippen LogP contribution is 2.08. The van der Waals surface area contributed by atoms with Crippen molar-refractivity contribution >= 4 is 16.8 Å². The molecule has 0 spiro atoms. The standard InChI is InChI=1S/C6H6.C5H7N.2C5H12.2B/c2*1-2-4-6-5-3-1;2*1-5(2,3)4;;/h1-6H;1-4,6H,5H2;2*1-4H3;;. The summed E-state index contributed by atoms with van der Waals surface area (Å²) in [7, 11) is 0. The first-order valence-corrected chi connectivity index (χ1v) is 8.05. The summed E-state index contributed by atoms with van der Waals surface area (Å²) < 4.78 is 0. The molecule has 132 valence electrons. The van der Waals surface area contributed by atoms with Crippen molar-refractivity contribution in [2.45, 2.75) is 55.4 Å². The first kappa shape index (κ1) is 30.5. The smallest absolute Gasteiger partial charge is 0.0328 e. The predicted molar refractivity (Wildman–Crippen MR) is 114 cm³/mol. The van der Waals surface area contributed by atoms with Crippen LogP contribution in [0.25, 0.3) is 0 Å². The van der Waals surface area contributed by atoms with Crippen molar-refractivity contribution < 1.29 is 0 Å². The van der Waals surface area contributed by atoms with E-state index in [1.54, 1.807) is 0 Å². The summed E-state index contributed by atoms with van der Waals surface area (Å²) in [6.07, 6.45) is 8.00. The van der Waals surface area contributed by atoms with Crippen molar-refractivity contribution in [1.82, 2.24) is 5.32 Å². The maximum absolute atomic E-state index is 3.02. The van der Waals surface area contributed by atoms with Crippen molar-refractivity contribution in [2.24, 2.45) is 10.8 Å². The lowest BCUT2D eigenvalue weighted by Gasteiger charge is -2.05. The van der Waals surface area contributed by atoms with Gasteiger partial charge in [-0.15, -0.1) is 0 Å². The fraction of sp³-hybridized carbons (Fsp3) is 0.524. The summed E-state index contributed by atoms with van der Waals surface area (Å²) in [5.74, 6) is 0. The first-order chi connectivity index (χ1) is 10.0. The second kappa shape index (κ2) is 18.0. The van der Waals surface area contributed by atoms with Gasteiger partial charge in [0, 0.05) is 23.4 Å². The van der Waals surface area contributed by atoms with Crippen LogP contribution >= 0.6 is 0 Å². The Morgan fingerprint density at radius 3 is 0.958 bits per heavy atom. The Bertz CT molecular complexity index is 322. The number of benzene rings is 1. The van der Waals surface area contributed by atoms with E-state index in [0.717, 1.165) is 6.54 Å². The molecule has 0 aromatic heterocycles. The molecule has 1 aliphatic heterocycles. The second-order valence-electron chi connectivity index (χ2n) is 8.35. The molecule has 1 nitrogen and oxygen atoms in total. The van der Waals surface area contributed by atoms with Gasteiger partial charge in [0.25, 0.3) is 0 Å². The number of hydrogen-bond donors (Lipinski definition) is 1. The fourth-order valence-corrected chi connectivity index (χ4v) is 0.791. The van der Waals surface area contributed by atoms with Gasteiger partial charge in [-0.2, -0.15) is 0 Å². The molecule has 0 bridgehead atoms. The lowest BCUT2D eigenvalue weighted by molar-refractivity contribution is 0.469. The quantitative estimate of drug-likeness (QED) is 0.604. The van der Waals surface area contributed by atoms with Crippen LogP contribution in [-0.2, 0) is 0 Å². The van der Waals surface area contributed by atoms with Crippen LogP contribution in [0.4, 0.5) is 0 Å². The van der Waals surface area contributed by atoms with E-state index < -0.39 is 0 Å². The van der Waals surface area contributed by atoms with Gasteiger partial charge in [-0.3, -0.25) is 0 Å². The van der Waals surface area contributed by atoms with Crippen molar-refractivity contribution in [2.75, 3.05) is 6.54 Å². The second-order valence-corrected chi connectivity index (χ2v) is 8.35. The summed E-state index contributed by atoms with van der Waals surface area (Å²) in [5.41, 5.74) is 1.00. The highest BCUT2D eigenvalue weighted by atomic mass is 14.8. The van der Waals surface area contributed by atoms with Crippen molar-refractivity contribution in [1.29, 1.82) is 0 Å². The molecule has 1 N–H and O–H groups in total. The Labute approximate surface area is 156 Å². The average molecular weight is 325 g/mol. The highest BCUT2D eigenvalue weighted by Gasteiger charge is 1.96. The van der Waals surface area contributed by atoms with E-state index in [9.17, 15) is 0 Å². The molecule has 0 amide bonds. The van der Waals surface area contributed by atoms with E-state index >= 15 is 0 Å². The minimum atomic E-state index is 0. The van der Waals surface area contributed by atoms with Crippen molar-refractivity contribution in [3.63, 3.8) is 0 Å². The third-order valence-corrected chi connectivity index (χ3v) is 1.36. The van der Waals surface area contributed by atoms with Gasteiger partial charge in [0.15, 0.2) is 0 Å². The Balaban J connectivity index is -0.000000109. The van der Waals surface area contributed by atoms with E-state index in [2.05, 4.69) is 66.8 Å². The zero-order valence-corrected chi connectivity index (χ0v) is 17.1. The van der Waals surface area contributed by atoms with Crippen LogP contribution < -0.4 is 5.32 Å². The van der Waals surface area contributed by atoms with E-state index in [4.69, 9.17) is 0 Å². The molecule has 0 aliphatic carbocycles. The van der Waals surface area contributed by atoms with Crippen LogP contribution in [0.3, 0.4) is 0 Å². The topological polar surface area (TPSA) is 12.0 Å². The van der Waals surface area contributed by atoms with Crippen LogP contribution in [-0.4, -0.2) is 23.4 Å². The number of allylic oxidation sites excluding steroid dienone is 2. The van der Waals surface area contributed by atoms with Gasteiger partial charge >= 0.3 is 0 Å². The molecule has 0 fully saturated rings. The van der Waals surface area contributed by atoms with Gasteiger partial charge in [-0.05, 0) is 23.1 Å². The molecule has 1 aromatic carbocycles. The normalized spacial score (nSPS) is 11.3. The molecule has 0 unspecified atom stereocenters. The molecule has 1 aromatic rings. The molecule has 1 aliphatic rings. The van der Waals surface area contributed by atoms with Crippen LogP contribution in [0.5, 0.6) is 0 Å². The molecule has 3 heteroatoms. The number of hydrogen-bond acceptors (Lipinski definition) is 1. The van der Waals surface area contributed by atoms with E-state index in [0.29, 0.717) is 10.8 Å². The van der Waals surface area contributed by atoms with Gasteiger partial charge in [-0.1, -0.05) is 104 Å².